The Morgan fingerprint density at radius 3 is 2.68 bits per heavy atom. The fraction of sp³-hybridized carbons (Fsp3) is 0.321. The van der Waals surface area contributed by atoms with E-state index in [0.29, 0.717) is 16.1 Å². The largest absolute Gasteiger partial charge is 0.366 e. The maximum atomic E-state index is 11.7. The SMILES string of the molecule is CC(=O)Nc1nc2c(s1)-c1c(c(-c3ccc(C)nc3)nn1-c1ccc(N=C(C3CC3)N(C)C)cc1Cl)CC2. The van der Waals surface area contributed by atoms with Crippen molar-refractivity contribution in [1.29, 1.82) is 0 Å². The Labute approximate surface area is 230 Å². The number of aryl methyl sites for hydroxylation is 2. The summed E-state index contributed by atoms with van der Waals surface area (Å²) in [5.41, 5.74) is 7.43. The minimum atomic E-state index is -0.140. The summed E-state index contributed by atoms with van der Waals surface area (Å²) in [5, 5.41) is 9.09. The fourth-order valence-corrected chi connectivity index (χ4v) is 6.23. The number of rotatable bonds is 5. The average molecular weight is 546 g/mol. The standard InChI is InChI=1S/C28H28ClN7OS/c1-15-5-6-18(14-30-15)24-20-10-11-22-26(38-28(33-22)31-16(2)37)25(20)36(34-24)23-12-9-19(13-21(23)29)32-27(35(3)4)17-7-8-17/h5-6,9,12-14,17H,7-8,10-11H2,1-4H3,(H,31,33,37). The molecule has 194 valence electrons. The van der Waals surface area contributed by atoms with Gasteiger partial charge in [-0.1, -0.05) is 22.9 Å². The van der Waals surface area contributed by atoms with Crippen molar-refractivity contribution in [2.24, 2.45) is 10.9 Å². The highest BCUT2D eigenvalue weighted by molar-refractivity contribution is 7.19. The van der Waals surface area contributed by atoms with Gasteiger partial charge in [-0.3, -0.25) is 9.78 Å². The van der Waals surface area contributed by atoms with Gasteiger partial charge in [0.25, 0.3) is 0 Å². The quantitative estimate of drug-likeness (QED) is 0.242. The van der Waals surface area contributed by atoms with Gasteiger partial charge in [-0.05, 0) is 62.9 Å². The van der Waals surface area contributed by atoms with Crippen LogP contribution in [0.25, 0.3) is 27.5 Å². The van der Waals surface area contributed by atoms with Crippen molar-refractivity contribution in [2.75, 3.05) is 19.4 Å². The van der Waals surface area contributed by atoms with E-state index >= 15 is 0 Å². The topological polar surface area (TPSA) is 88.3 Å². The van der Waals surface area contributed by atoms with E-state index in [1.165, 1.54) is 31.1 Å². The molecule has 1 amide bonds. The van der Waals surface area contributed by atoms with Gasteiger partial charge in [-0.25, -0.2) is 14.7 Å². The second-order valence-corrected chi connectivity index (χ2v) is 11.4. The highest BCUT2D eigenvalue weighted by Gasteiger charge is 2.31. The number of aliphatic imine (C=N–C) groups is 1. The number of amides is 1. The number of fused-ring (bicyclic) bond motifs is 3. The lowest BCUT2D eigenvalue weighted by Crippen LogP contribution is -2.23. The molecule has 0 spiro atoms. The molecule has 6 rings (SSSR count). The highest BCUT2D eigenvalue weighted by atomic mass is 35.5. The van der Waals surface area contributed by atoms with Gasteiger partial charge in [-0.15, -0.1) is 0 Å². The number of thiazole rings is 1. The van der Waals surface area contributed by atoms with Crippen LogP contribution >= 0.6 is 22.9 Å². The van der Waals surface area contributed by atoms with Crippen molar-refractivity contribution in [1.82, 2.24) is 24.6 Å². The number of hydrogen-bond donors (Lipinski definition) is 1. The molecule has 8 nitrogen and oxygen atoms in total. The minimum Gasteiger partial charge on any atom is -0.366 e. The lowest BCUT2D eigenvalue weighted by molar-refractivity contribution is -0.114. The summed E-state index contributed by atoms with van der Waals surface area (Å²) in [6, 6.07) is 9.94. The molecule has 0 bridgehead atoms. The number of benzene rings is 1. The van der Waals surface area contributed by atoms with E-state index in [2.05, 4.69) is 21.3 Å². The van der Waals surface area contributed by atoms with Gasteiger partial charge in [0.2, 0.25) is 5.91 Å². The van der Waals surface area contributed by atoms with E-state index in [4.69, 9.17) is 26.7 Å². The second-order valence-electron chi connectivity index (χ2n) is 10.0. The highest BCUT2D eigenvalue weighted by Crippen LogP contribution is 2.45. The summed E-state index contributed by atoms with van der Waals surface area (Å²) >= 11 is 8.38. The molecule has 0 radical (unpaired) electrons. The molecule has 1 saturated carbocycles. The summed E-state index contributed by atoms with van der Waals surface area (Å²) in [4.78, 5) is 28.9. The summed E-state index contributed by atoms with van der Waals surface area (Å²) in [6.07, 6.45) is 5.77. The maximum Gasteiger partial charge on any atom is 0.223 e. The molecular formula is C28H28ClN7OS. The van der Waals surface area contributed by atoms with Crippen molar-refractivity contribution in [3.63, 3.8) is 0 Å². The Morgan fingerprint density at radius 2 is 2.03 bits per heavy atom. The number of pyridine rings is 1. The van der Waals surface area contributed by atoms with Gasteiger partial charge in [0, 0.05) is 50.0 Å². The minimum absolute atomic E-state index is 0.140. The molecule has 10 heteroatoms. The van der Waals surface area contributed by atoms with Crippen molar-refractivity contribution < 1.29 is 4.79 Å². The summed E-state index contributed by atoms with van der Waals surface area (Å²) in [6.45, 7) is 3.47. The first kappa shape index (κ1) is 24.8. The maximum absolute atomic E-state index is 11.7. The third kappa shape index (κ3) is 4.61. The number of amidine groups is 1. The number of carbonyl (C=O) groups is 1. The fourth-order valence-electron chi connectivity index (χ4n) is 4.86. The zero-order valence-electron chi connectivity index (χ0n) is 21.7. The normalized spacial score (nSPS) is 14.7. The molecule has 0 saturated heterocycles. The molecule has 1 fully saturated rings. The molecule has 2 aliphatic rings. The Kier molecular flexibility index (Phi) is 6.28. The van der Waals surface area contributed by atoms with Gasteiger partial charge < -0.3 is 10.2 Å². The first-order valence-electron chi connectivity index (χ1n) is 12.7. The van der Waals surface area contributed by atoms with Crippen LogP contribution in [0.1, 0.15) is 36.7 Å². The zero-order valence-corrected chi connectivity index (χ0v) is 23.3. The summed E-state index contributed by atoms with van der Waals surface area (Å²) in [7, 11) is 4.07. The molecule has 3 heterocycles. The van der Waals surface area contributed by atoms with Crippen LogP contribution in [-0.4, -0.2) is 50.5 Å². The molecule has 3 aromatic heterocycles. The lowest BCUT2D eigenvalue weighted by atomic mass is 9.95. The van der Waals surface area contributed by atoms with Gasteiger partial charge in [0.1, 0.15) is 5.84 Å². The van der Waals surface area contributed by atoms with Crippen LogP contribution in [0.2, 0.25) is 5.02 Å². The number of hydrogen-bond acceptors (Lipinski definition) is 6. The van der Waals surface area contributed by atoms with Crippen molar-refractivity contribution in [3.05, 3.63) is 58.5 Å². The lowest BCUT2D eigenvalue weighted by Gasteiger charge is -2.16. The zero-order chi connectivity index (χ0) is 26.6. The van der Waals surface area contributed by atoms with Crippen LogP contribution in [-0.2, 0) is 17.6 Å². The predicted molar refractivity (Wildman–Crippen MR) is 153 cm³/mol. The molecule has 0 atom stereocenters. The number of carbonyl (C=O) groups excluding carboxylic acids is 1. The molecule has 2 aliphatic carbocycles. The van der Waals surface area contributed by atoms with Gasteiger partial charge in [0.05, 0.1) is 38.4 Å². The van der Waals surface area contributed by atoms with Crippen LogP contribution in [0, 0.1) is 12.8 Å². The smallest absolute Gasteiger partial charge is 0.223 e. The third-order valence-corrected chi connectivity index (χ3v) is 8.10. The monoisotopic (exact) mass is 545 g/mol. The molecular weight excluding hydrogens is 518 g/mol. The van der Waals surface area contributed by atoms with Crippen LogP contribution in [0.5, 0.6) is 0 Å². The van der Waals surface area contributed by atoms with Gasteiger partial charge in [0.15, 0.2) is 5.13 Å². The molecule has 38 heavy (non-hydrogen) atoms. The van der Waals surface area contributed by atoms with E-state index in [1.54, 1.807) is 0 Å². The number of nitrogens with one attached hydrogen (secondary N) is 1. The number of nitrogens with zero attached hydrogens (tertiary/aromatic N) is 6. The second kappa shape index (κ2) is 9.63. The Bertz CT molecular complexity index is 1580. The first-order valence-corrected chi connectivity index (χ1v) is 13.9. The van der Waals surface area contributed by atoms with Gasteiger partial charge in [-0.2, -0.15) is 5.10 Å². The Morgan fingerprint density at radius 1 is 1.21 bits per heavy atom. The van der Waals surface area contributed by atoms with Crippen LogP contribution in [0.3, 0.4) is 0 Å². The number of anilines is 1. The van der Waals surface area contributed by atoms with Crippen molar-refractivity contribution in [2.45, 2.75) is 39.5 Å². The predicted octanol–water partition coefficient (Wildman–Crippen LogP) is 6.08. The van der Waals surface area contributed by atoms with Crippen LogP contribution in [0.4, 0.5) is 10.8 Å². The van der Waals surface area contributed by atoms with E-state index < -0.39 is 0 Å². The molecule has 4 aromatic rings. The Balaban J connectivity index is 1.50. The van der Waals surface area contributed by atoms with E-state index in [1.807, 2.05) is 56.2 Å². The Hall–Kier alpha value is -3.56. The van der Waals surface area contributed by atoms with Crippen LogP contribution < -0.4 is 5.32 Å². The third-order valence-electron chi connectivity index (χ3n) is 6.78. The van der Waals surface area contributed by atoms with Crippen molar-refractivity contribution in [3.8, 4) is 27.5 Å². The summed E-state index contributed by atoms with van der Waals surface area (Å²) in [5.74, 6) is 1.47. The van der Waals surface area contributed by atoms with E-state index in [-0.39, 0.29) is 5.91 Å². The van der Waals surface area contributed by atoms with Gasteiger partial charge >= 0.3 is 0 Å². The summed E-state index contributed by atoms with van der Waals surface area (Å²) < 4.78 is 1.92. The van der Waals surface area contributed by atoms with Crippen LogP contribution in [0.15, 0.2) is 41.5 Å². The number of aromatic nitrogens is 4. The van der Waals surface area contributed by atoms with E-state index in [9.17, 15) is 4.79 Å². The van der Waals surface area contributed by atoms with E-state index in [0.717, 1.165) is 68.8 Å². The molecule has 1 N–H and O–H groups in total. The average Bonchev–Trinajstić information content (AvgIpc) is 3.51. The molecule has 0 aliphatic heterocycles. The molecule has 1 aromatic carbocycles. The molecule has 0 unspecified atom stereocenters. The van der Waals surface area contributed by atoms with Crippen molar-refractivity contribution >= 4 is 45.5 Å². The number of halogens is 1. The first-order chi connectivity index (χ1) is 18.3.